The van der Waals surface area contributed by atoms with Crippen LogP contribution in [0.25, 0.3) is 0 Å². The average Bonchev–Trinajstić information content (AvgIpc) is 3.17. The Labute approximate surface area is 176 Å². The number of benzene rings is 2. The van der Waals surface area contributed by atoms with Crippen molar-refractivity contribution in [1.29, 1.82) is 0 Å². The van der Waals surface area contributed by atoms with Crippen LogP contribution in [0.5, 0.6) is 0 Å². The molecule has 5 nitrogen and oxygen atoms in total. The first kappa shape index (κ1) is 19.6. The van der Waals surface area contributed by atoms with Gasteiger partial charge in [-0.25, -0.2) is 12.8 Å². The van der Waals surface area contributed by atoms with E-state index in [0.29, 0.717) is 21.2 Å². The van der Waals surface area contributed by atoms with E-state index in [4.69, 9.17) is 11.6 Å². The van der Waals surface area contributed by atoms with Gasteiger partial charge < -0.3 is 5.32 Å². The van der Waals surface area contributed by atoms with Crippen LogP contribution in [0.1, 0.15) is 15.2 Å². The number of allylic oxidation sites excluding steroid dienone is 1. The number of carbonyl (C=O) groups excluding carboxylic acids is 1. The highest BCUT2D eigenvalue weighted by Crippen LogP contribution is 2.39. The molecule has 0 amide bonds. The number of carbonyl (C=O) groups is 1. The number of sulfonamides is 1. The van der Waals surface area contributed by atoms with Gasteiger partial charge in [-0.1, -0.05) is 35.9 Å². The van der Waals surface area contributed by atoms with Gasteiger partial charge in [0.05, 0.1) is 17.9 Å². The molecule has 0 spiro atoms. The Morgan fingerprint density at radius 1 is 1.10 bits per heavy atom. The predicted molar refractivity (Wildman–Crippen MR) is 113 cm³/mol. The zero-order valence-electron chi connectivity index (χ0n) is 14.8. The van der Waals surface area contributed by atoms with E-state index in [9.17, 15) is 17.6 Å². The zero-order chi connectivity index (χ0) is 20.6. The molecule has 0 aliphatic carbocycles. The number of hydrogen-bond donors (Lipinski definition) is 1. The normalized spacial score (nSPS) is 16.7. The summed E-state index contributed by atoms with van der Waals surface area (Å²) in [4.78, 5) is 12.7. The van der Waals surface area contributed by atoms with Gasteiger partial charge in [-0.3, -0.25) is 9.10 Å². The highest BCUT2D eigenvalue weighted by molar-refractivity contribution is 7.97. The molecule has 1 aromatic heterocycles. The topological polar surface area (TPSA) is 66.5 Å². The molecule has 1 aliphatic heterocycles. The van der Waals surface area contributed by atoms with E-state index in [2.05, 4.69) is 5.32 Å². The van der Waals surface area contributed by atoms with Crippen LogP contribution in [0.15, 0.2) is 71.1 Å². The number of nitrogens with one attached hydrogen (secondary N) is 1. The summed E-state index contributed by atoms with van der Waals surface area (Å²) in [7, 11) is -4.15. The Hall–Kier alpha value is -2.68. The molecule has 1 N–H and O–H groups in total. The molecule has 148 valence electrons. The number of hydrogen-bond acceptors (Lipinski definition) is 5. The van der Waals surface area contributed by atoms with Crippen molar-refractivity contribution in [2.24, 2.45) is 0 Å². The van der Waals surface area contributed by atoms with Crippen molar-refractivity contribution >= 4 is 50.1 Å². The van der Waals surface area contributed by atoms with Crippen molar-refractivity contribution in [3.63, 3.8) is 0 Å². The summed E-state index contributed by atoms with van der Waals surface area (Å²) >= 11 is 7.07. The maximum atomic E-state index is 13.9. The molecule has 0 radical (unpaired) electrons. The van der Waals surface area contributed by atoms with Gasteiger partial charge in [0, 0.05) is 11.2 Å². The Kier molecular flexibility index (Phi) is 5.16. The van der Waals surface area contributed by atoms with Crippen LogP contribution in [0.3, 0.4) is 0 Å². The maximum Gasteiger partial charge on any atom is 0.270 e. The van der Waals surface area contributed by atoms with Gasteiger partial charge >= 0.3 is 0 Å². The number of ketones is 1. The summed E-state index contributed by atoms with van der Waals surface area (Å²) in [6.45, 7) is 0.0353. The Balaban J connectivity index is 1.75. The fraction of sp³-hybridized carbons (Fsp3) is 0.0500. The monoisotopic (exact) mass is 448 g/mol. The predicted octanol–water partition coefficient (Wildman–Crippen LogP) is 5.03. The van der Waals surface area contributed by atoms with Crippen LogP contribution in [0, 0.1) is 5.82 Å². The first-order valence-corrected chi connectivity index (χ1v) is 11.2. The lowest BCUT2D eigenvalue weighted by molar-refractivity contribution is 0.104. The van der Waals surface area contributed by atoms with Gasteiger partial charge in [-0.05, 0) is 41.3 Å². The lowest BCUT2D eigenvalue weighted by Crippen LogP contribution is -2.38. The molecule has 0 saturated carbocycles. The van der Waals surface area contributed by atoms with Crippen molar-refractivity contribution < 1.29 is 17.6 Å². The van der Waals surface area contributed by atoms with Crippen LogP contribution < -0.4 is 9.62 Å². The zero-order valence-corrected chi connectivity index (χ0v) is 17.2. The van der Waals surface area contributed by atoms with Gasteiger partial charge in [0.15, 0.2) is 4.91 Å². The maximum absolute atomic E-state index is 13.9. The third-order valence-electron chi connectivity index (χ3n) is 4.38. The molecular weight excluding hydrogens is 435 g/mol. The van der Waals surface area contributed by atoms with E-state index in [1.54, 1.807) is 41.8 Å². The van der Waals surface area contributed by atoms with E-state index < -0.39 is 26.5 Å². The van der Waals surface area contributed by atoms with Crippen LogP contribution in [0.2, 0.25) is 5.02 Å². The lowest BCUT2D eigenvalue weighted by Gasteiger charge is -2.29. The second-order valence-electron chi connectivity index (χ2n) is 6.24. The molecule has 2 aromatic carbocycles. The molecule has 3 aromatic rings. The quantitative estimate of drug-likeness (QED) is 0.568. The summed E-state index contributed by atoms with van der Waals surface area (Å²) in [5.41, 5.74) is 1.12. The summed E-state index contributed by atoms with van der Waals surface area (Å²) in [6, 6.07) is 14.2. The first-order chi connectivity index (χ1) is 13.9. The summed E-state index contributed by atoms with van der Waals surface area (Å²) in [5, 5.41) is 4.81. The third-order valence-corrected chi connectivity index (χ3v) is 7.30. The number of halogens is 2. The smallest absolute Gasteiger partial charge is 0.270 e. The number of para-hydroxylation sites is 1. The van der Waals surface area contributed by atoms with Crippen LogP contribution >= 0.6 is 22.9 Å². The summed E-state index contributed by atoms with van der Waals surface area (Å²) in [6.07, 6.45) is 1.05. The second-order valence-corrected chi connectivity index (χ2v) is 9.42. The van der Waals surface area contributed by atoms with Crippen LogP contribution in [-0.2, 0) is 16.6 Å². The third kappa shape index (κ3) is 3.66. The molecule has 0 unspecified atom stereocenters. The second kappa shape index (κ2) is 7.62. The number of thiophene rings is 1. The standard InChI is InChI=1S/C20H14ClFN2O3S2/c21-14-7-5-13(6-8-14)12-24-17-9-10-28-20(17)19(25)18(29(24,26)27)11-23-16-4-2-1-3-15(16)22/h1-11,23H,12H2/b18-11-. The van der Waals surface area contributed by atoms with Crippen molar-refractivity contribution in [3.8, 4) is 0 Å². The van der Waals surface area contributed by atoms with E-state index in [0.717, 1.165) is 17.5 Å². The SMILES string of the molecule is O=C1/C(=C/Nc2ccccc2F)S(=O)(=O)N(Cc2ccc(Cl)cc2)c2ccsc21. The number of nitrogens with zero attached hydrogens (tertiary/aromatic N) is 1. The van der Waals surface area contributed by atoms with Crippen LogP contribution in [-0.4, -0.2) is 14.2 Å². The van der Waals surface area contributed by atoms with Gasteiger partial charge in [0.25, 0.3) is 10.0 Å². The van der Waals surface area contributed by atoms with Crippen molar-refractivity contribution in [2.75, 3.05) is 9.62 Å². The van der Waals surface area contributed by atoms with E-state index >= 15 is 0 Å². The molecule has 0 atom stereocenters. The molecule has 9 heteroatoms. The molecule has 0 bridgehead atoms. The van der Waals surface area contributed by atoms with E-state index in [1.807, 2.05) is 0 Å². The minimum absolute atomic E-state index is 0.0353. The van der Waals surface area contributed by atoms with Crippen molar-refractivity contribution in [1.82, 2.24) is 0 Å². The highest BCUT2D eigenvalue weighted by atomic mass is 35.5. The van der Waals surface area contributed by atoms with Crippen molar-refractivity contribution in [3.05, 3.63) is 92.4 Å². The largest absolute Gasteiger partial charge is 0.358 e. The summed E-state index contributed by atoms with van der Waals surface area (Å²) in [5.74, 6) is -1.17. The fourth-order valence-corrected chi connectivity index (χ4v) is 5.54. The van der Waals surface area contributed by atoms with Gasteiger partial charge in [0.2, 0.25) is 5.78 Å². The molecule has 1 aliphatic rings. The van der Waals surface area contributed by atoms with E-state index in [1.165, 1.54) is 22.5 Å². The number of anilines is 2. The number of fused-ring (bicyclic) bond motifs is 1. The average molecular weight is 449 g/mol. The van der Waals surface area contributed by atoms with Gasteiger partial charge in [-0.15, -0.1) is 11.3 Å². The highest BCUT2D eigenvalue weighted by Gasteiger charge is 2.41. The number of rotatable bonds is 4. The molecular formula is C20H14ClFN2O3S2. The first-order valence-electron chi connectivity index (χ1n) is 8.48. The molecule has 0 fully saturated rings. The van der Waals surface area contributed by atoms with Gasteiger partial charge in [-0.2, -0.15) is 0 Å². The Morgan fingerprint density at radius 3 is 2.55 bits per heavy atom. The Bertz CT molecular complexity index is 1220. The molecule has 2 heterocycles. The van der Waals surface area contributed by atoms with E-state index in [-0.39, 0.29) is 12.2 Å². The van der Waals surface area contributed by atoms with Crippen molar-refractivity contribution in [2.45, 2.75) is 6.54 Å². The number of Topliss-reactive ketones (excluding diaryl/α,β-unsaturated/α-hetero) is 1. The minimum Gasteiger partial charge on any atom is -0.358 e. The Morgan fingerprint density at radius 2 is 1.83 bits per heavy atom. The molecule has 4 rings (SSSR count). The lowest BCUT2D eigenvalue weighted by atomic mass is 10.2. The molecule has 0 saturated heterocycles. The minimum atomic E-state index is -4.15. The summed E-state index contributed by atoms with van der Waals surface area (Å²) < 4.78 is 41.5. The molecule has 29 heavy (non-hydrogen) atoms. The van der Waals surface area contributed by atoms with Crippen LogP contribution in [0.4, 0.5) is 15.8 Å². The van der Waals surface area contributed by atoms with Gasteiger partial charge in [0.1, 0.15) is 10.7 Å². The fourth-order valence-electron chi connectivity index (χ4n) is 2.93.